The lowest BCUT2D eigenvalue weighted by atomic mass is 10.2. The highest BCUT2D eigenvalue weighted by Crippen LogP contribution is 2.21. The predicted octanol–water partition coefficient (Wildman–Crippen LogP) is 3.15. The fourth-order valence-electron chi connectivity index (χ4n) is 2.75. The van der Waals surface area contributed by atoms with E-state index in [2.05, 4.69) is 15.0 Å². The minimum atomic E-state index is -2.88. The van der Waals surface area contributed by atoms with Crippen molar-refractivity contribution in [3.8, 4) is 5.75 Å². The lowest BCUT2D eigenvalue weighted by Crippen LogP contribution is -2.53. The summed E-state index contributed by atoms with van der Waals surface area (Å²) in [5.74, 6) is 0.798. The Bertz CT molecular complexity index is 641. The molecule has 28 heavy (non-hydrogen) atoms. The summed E-state index contributed by atoms with van der Waals surface area (Å²) in [5, 5.41) is 3.20. The van der Waals surface area contributed by atoms with Crippen LogP contribution in [-0.4, -0.2) is 67.8 Å². The Morgan fingerprint density at radius 2 is 1.82 bits per heavy atom. The molecule has 2 rings (SSSR count). The van der Waals surface area contributed by atoms with E-state index in [1.165, 1.54) is 6.07 Å². The van der Waals surface area contributed by atoms with Crippen LogP contribution in [0.4, 0.5) is 13.6 Å². The molecule has 10 heteroatoms. The van der Waals surface area contributed by atoms with Crippen molar-refractivity contribution in [1.82, 2.24) is 15.1 Å². The van der Waals surface area contributed by atoms with Crippen molar-refractivity contribution in [1.29, 1.82) is 0 Å². The third-order valence-electron chi connectivity index (χ3n) is 4.03. The number of piperazine rings is 1. The number of halogens is 3. The van der Waals surface area contributed by atoms with Gasteiger partial charge in [-0.15, -0.1) is 24.0 Å². The summed E-state index contributed by atoms with van der Waals surface area (Å²) in [6, 6.07) is 6.62. The molecule has 0 atom stereocenters. The second-order valence-electron chi connectivity index (χ2n) is 5.83. The van der Waals surface area contributed by atoms with Gasteiger partial charge in [-0.25, -0.2) is 9.79 Å². The maximum Gasteiger partial charge on any atom is 0.409 e. The molecule has 0 saturated carbocycles. The SMILES string of the molecule is CCNC(=NCc1ccccc1OC(F)F)N1CCN(C(=O)OCC)CC1.I. The standard InChI is InChI=1S/C18H26F2N4O3.HI/c1-3-21-17(23-9-11-24(12-10-23)18(25)26-4-2)22-13-14-7-5-6-8-15(14)27-16(19)20;/h5-8,16H,3-4,9-13H2,1-2H3,(H,21,22);1H. The van der Waals surface area contributed by atoms with Gasteiger partial charge in [-0.1, -0.05) is 18.2 Å². The van der Waals surface area contributed by atoms with Crippen LogP contribution in [0.15, 0.2) is 29.3 Å². The van der Waals surface area contributed by atoms with Gasteiger partial charge in [-0.05, 0) is 19.9 Å². The molecule has 0 radical (unpaired) electrons. The van der Waals surface area contributed by atoms with Gasteiger partial charge >= 0.3 is 12.7 Å². The molecule has 158 valence electrons. The zero-order valence-electron chi connectivity index (χ0n) is 16.1. The van der Waals surface area contributed by atoms with Crippen molar-refractivity contribution >= 4 is 36.0 Å². The van der Waals surface area contributed by atoms with E-state index in [0.29, 0.717) is 50.9 Å². The number of aliphatic imine (C=N–C) groups is 1. The van der Waals surface area contributed by atoms with Gasteiger partial charge in [0.15, 0.2) is 5.96 Å². The number of para-hydroxylation sites is 1. The molecule has 0 spiro atoms. The molecular weight excluding hydrogens is 485 g/mol. The van der Waals surface area contributed by atoms with E-state index in [0.717, 1.165) is 0 Å². The number of guanidine groups is 1. The summed E-state index contributed by atoms with van der Waals surface area (Å²) in [7, 11) is 0. The minimum Gasteiger partial charge on any atom is -0.450 e. The molecule has 1 aromatic carbocycles. The van der Waals surface area contributed by atoms with Crippen molar-refractivity contribution in [2.75, 3.05) is 39.3 Å². The number of rotatable bonds is 6. The highest BCUT2D eigenvalue weighted by atomic mass is 127. The number of hydrogen-bond acceptors (Lipinski definition) is 4. The first-order valence-corrected chi connectivity index (χ1v) is 9.02. The quantitative estimate of drug-likeness (QED) is 0.361. The zero-order valence-corrected chi connectivity index (χ0v) is 18.4. The molecule has 1 amide bonds. The number of ether oxygens (including phenoxy) is 2. The molecule has 1 N–H and O–H groups in total. The maximum atomic E-state index is 12.5. The van der Waals surface area contributed by atoms with Crippen LogP contribution >= 0.6 is 24.0 Å². The molecule has 1 saturated heterocycles. The Morgan fingerprint density at radius 1 is 1.18 bits per heavy atom. The average Bonchev–Trinajstić information content (AvgIpc) is 2.66. The lowest BCUT2D eigenvalue weighted by molar-refractivity contribution is -0.0504. The Labute approximate surface area is 181 Å². The molecule has 7 nitrogen and oxygen atoms in total. The molecule has 0 bridgehead atoms. The molecule has 0 aliphatic carbocycles. The highest BCUT2D eigenvalue weighted by molar-refractivity contribution is 14.0. The number of benzene rings is 1. The second-order valence-corrected chi connectivity index (χ2v) is 5.83. The number of hydrogen-bond donors (Lipinski definition) is 1. The number of carbonyl (C=O) groups is 1. The zero-order chi connectivity index (χ0) is 19.6. The van der Waals surface area contributed by atoms with Gasteiger partial charge in [0.1, 0.15) is 5.75 Å². The van der Waals surface area contributed by atoms with Crippen LogP contribution in [0.5, 0.6) is 5.75 Å². The predicted molar refractivity (Wildman–Crippen MR) is 113 cm³/mol. The van der Waals surface area contributed by atoms with E-state index in [1.807, 2.05) is 11.8 Å². The molecule has 1 aliphatic rings. The van der Waals surface area contributed by atoms with Crippen LogP contribution in [0.3, 0.4) is 0 Å². The summed E-state index contributed by atoms with van der Waals surface area (Å²) in [4.78, 5) is 20.1. The van der Waals surface area contributed by atoms with Gasteiger partial charge in [-0.2, -0.15) is 8.78 Å². The first-order chi connectivity index (χ1) is 13.0. The second kappa shape index (κ2) is 12.6. The van der Waals surface area contributed by atoms with Crippen LogP contribution in [0.25, 0.3) is 0 Å². The van der Waals surface area contributed by atoms with Gasteiger partial charge in [-0.3, -0.25) is 0 Å². The van der Waals surface area contributed by atoms with Crippen LogP contribution in [0.2, 0.25) is 0 Å². The minimum absolute atomic E-state index is 0. The molecule has 1 fully saturated rings. The summed E-state index contributed by atoms with van der Waals surface area (Å²) >= 11 is 0. The van der Waals surface area contributed by atoms with Gasteiger partial charge in [0.2, 0.25) is 0 Å². The van der Waals surface area contributed by atoms with Gasteiger partial charge < -0.3 is 24.6 Å². The van der Waals surface area contributed by atoms with Crippen molar-refractivity contribution in [2.24, 2.45) is 4.99 Å². The Hall–Kier alpha value is -1.85. The van der Waals surface area contributed by atoms with E-state index in [4.69, 9.17) is 4.74 Å². The largest absolute Gasteiger partial charge is 0.450 e. The summed E-state index contributed by atoms with van der Waals surface area (Å²) in [6.45, 7) is 4.39. The van der Waals surface area contributed by atoms with E-state index >= 15 is 0 Å². The molecule has 1 aliphatic heterocycles. The molecule has 1 heterocycles. The fourth-order valence-corrected chi connectivity index (χ4v) is 2.75. The van der Waals surface area contributed by atoms with E-state index < -0.39 is 6.61 Å². The number of alkyl halides is 2. The summed E-state index contributed by atoms with van der Waals surface area (Å²) < 4.78 is 34.7. The average molecular weight is 512 g/mol. The van der Waals surface area contributed by atoms with Crippen LogP contribution in [0, 0.1) is 0 Å². The highest BCUT2D eigenvalue weighted by Gasteiger charge is 2.23. The van der Waals surface area contributed by atoms with Crippen LogP contribution in [0.1, 0.15) is 19.4 Å². The fraction of sp³-hybridized carbons (Fsp3) is 0.556. The van der Waals surface area contributed by atoms with Crippen LogP contribution < -0.4 is 10.1 Å². The number of nitrogens with one attached hydrogen (secondary N) is 1. The van der Waals surface area contributed by atoms with Gasteiger partial charge in [0.25, 0.3) is 0 Å². The third-order valence-corrected chi connectivity index (χ3v) is 4.03. The van der Waals surface area contributed by atoms with Crippen LogP contribution in [-0.2, 0) is 11.3 Å². The van der Waals surface area contributed by atoms with Crippen molar-refractivity contribution < 1.29 is 23.0 Å². The topological polar surface area (TPSA) is 66.4 Å². The Kier molecular flexibility index (Phi) is 10.9. The summed E-state index contributed by atoms with van der Waals surface area (Å²) in [6.07, 6.45) is -0.308. The molecule has 0 aromatic heterocycles. The Morgan fingerprint density at radius 3 is 2.43 bits per heavy atom. The number of nitrogens with zero attached hydrogens (tertiary/aromatic N) is 3. The van der Waals surface area contributed by atoms with Crippen molar-refractivity contribution in [2.45, 2.75) is 27.0 Å². The smallest absolute Gasteiger partial charge is 0.409 e. The van der Waals surface area contributed by atoms with Crippen molar-refractivity contribution in [3.63, 3.8) is 0 Å². The maximum absolute atomic E-state index is 12.5. The van der Waals surface area contributed by atoms with Crippen molar-refractivity contribution in [3.05, 3.63) is 29.8 Å². The van der Waals surface area contributed by atoms with E-state index in [-0.39, 0.29) is 42.4 Å². The molecule has 0 unspecified atom stereocenters. The molecular formula is C18H27F2IN4O3. The monoisotopic (exact) mass is 512 g/mol. The van der Waals surface area contributed by atoms with Gasteiger partial charge in [0, 0.05) is 38.3 Å². The Balaban J connectivity index is 0.00000392. The first kappa shape index (κ1) is 24.2. The normalized spacial score (nSPS) is 14.5. The number of amides is 1. The first-order valence-electron chi connectivity index (χ1n) is 9.02. The van der Waals surface area contributed by atoms with Gasteiger partial charge in [0.05, 0.1) is 13.2 Å². The third kappa shape index (κ3) is 7.28. The number of carbonyl (C=O) groups excluding carboxylic acids is 1. The summed E-state index contributed by atoms with van der Waals surface area (Å²) in [5.41, 5.74) is 0.582. The molecule has 1 aromatic rings. The lowest BCUT2D eigenvalue weighted by Gasteiger charge is -2.35. The van der Waals surface area contributed by atoms with E-state index in [1.54, 1.807) is 30.0 Å². The van der Waals surface area contributed by atoms with E-state index in [9.17, 15) is 13.6 Å².